The molecule has 0 spiro atoms. The molecular weight excluding hydrogens is 372 g/mol. The van der Waals surface area contributed by atoms with Crippen molar-refractivity contribution in [3.63, 3.8) is 0 Å². The summed E-state index contributed by atoms with van der Waals surface area (Å²) in [6.45, 7) is 4.88. The van der Waals surface area contributed by atoms with Crippen LogP contribution in [0.1, 0.15) is 11.1 Å². The molecule has 0 aliphatic carbocycles. The van der Waals surface area contributed by atoms with Crippen LogP contribution in [0.2, 0.25) is 5.02 Å². The maximum absolute atomic E-state index is 12.8. The molecule has 0 radical (unpaired) electrons. The lowest BCUT2D eigenvalue weighted by molar-refractivity contribution is 0.180. The summed E-state index contributed by atoms with van der Waals surface area (Å²) in [5.74, 6) is 0.858. The van der Waals surface area contributed by atoms with Gasteiger partial charge in [-0.1, -0.05) is 35.9 Å². The number of benzene rings is 2. The number of methoxy groups -OCH3 is 1. The molecule has 0 saturated carbocycles. The van der Waals surface area contributed by atoms with Gasteiger partial charge in [0.2, 0.25) is 10.0 Å². The number of para-hydroxylation sites is 1. The fourth-order valence-electron chi connectivity index (χ4n) is 3.09. The van der Waals surface area contributed by atoms with E-state index < -0.39 is 10.0 Å². The van der Waals surface area contributed by atoms with E-state index in [2.05, 4.69) is 4.90 Å². The molecule has 140 valence electrons. The number of sulfonamides is 1. The lowest BCUT2D eigenvalue weighted by atomic mass is 10.2. The first-order valence-corrected chi connectivity index (χ1v) is 10.3. The van der Waals surface area contributed by atoms with Gasteiger partial charge in [-0.2, -0.15) is 4.31 Å². The molecule has 0 amide bonds. The summed E-state index contributed by atoms with van der Waals surface area (Å²) >= 11 is 6.10. The first-order chi connectivity index (χ1) is 12.4. The highest BCUT2D eigenvalue weighted by Crippen LogP contribution is 2.25. The van der Waals surface area contributed by atoms with E-state index in [1.54, 1.807) is 19.2 Å². The third-order valence-electron chi connectivity index (χ3n) is 4.70. The van der Waals surface area contributed by atoms with E-state index in [1.807, 2.05) is 31.2 Å². The van der Waals surface area contributed by atoms with Gasteiger partial charge in [-0.15, -0.1) is 0 Å². The van der Waals surface area contributed by atoms with Crippen molar-refractivity contribution in [3.8, 4) is 5.75 Å². The van der Waals surface area contributed by atoms with Crippen LogP contribution in [-0.4, -0.2) is 50.9 Å². The van der Waals surface area contributed by atoms with Gasteiger partial charge in [0.25, 0.3) is 0 Å². The average Bonchev–Trinajstić information content (AvgIpc) is 2.65. The molecular formula is C19H23ClN2O3S. The van der Waals surface area contributed by atoms with Crippen LogP contribution in [0.3, 0.4) is 0 Å². The van der Waals surface area contributed by atoms with Gasteiger partial charge in [0.15, 0.2) is 0 Å². The lowest BCUT2D eigenvalue weighted by Crippen LogP contribution is -2.48. The minimum absolute atomic E-state index is 0.256. The number of nitrogens with zero attached hydrogens (tertiary/aromatic N) is 2. The number of rotatable bonds is 5. The smallest absolute Gasteiger partial charge is 0.243 e. The predicted octanol–water partition coefficient (Wildman–Crippen LogP) is 3.16. The first-order valence-electron chi connectivity index (χ1n) is 8.52. The lowest BCUT2D eigenvalue weighted by Gasteiger charge is -2.34. The Morgan fingerprint density at radius 1 is 1.08 bits per heavy atom. The van der Waals surface area contributed by atoms with Crippen molar-refractivity contribution in [2.45, 2.75) is 18.4 Å². The van der Waals surface area contributed by atoms with E-state index >= 15 is 0 Å². The largest absolute Gasteiger partial charge is 0.496 e. The fraction of sp³-hybridized carbons (Fsp3) is 0.368. The van der Waals surface area contributed by atoms with Gasteiger partial charge >= 0.3 is 0 Å². The maximum atomic E-state index is 12.8. The molecule has 1 saturated heterocycles. The molecule has 7 heteroatoms. The Balaban J connectivity index is 1.67. The molecule has 0 N–H and O–H groups in total. The quantitative estimate of drug-likeness (QED) is 0.781. The number of piperazine rings is 1. The van der Waals surface area contributed by atoms with Gasteiger partial charge in [-0.3, -0.25) is 4.90 Å². The summed E-state index contributed by atoms with van der Waals surface area (Å²) < 4.78 is 32.6. The molecule has 3 rings (SSSR count). The van der Waals surface area contributed by atoms with Crippen molar-refractivity contribution < 1.29 is 13.2 Å². The van der Waals surface area contributed by atoms with E-state index in [0.29, 0.717) is 31.2 Å². The zero-order valence-corrected chi connectivity index (χ0v) is 16.6. The molecule has 0 unspecified atom stereocenters. The topological polar surface area (TPSA) is 49.9 Å². The van der Waals surface area contributed by atoms with Crippen LogP contribution in [0.15, 0.2) is 47.4 Å². The van der Waals surface area contributed by atoms with Crippen LogP contribution < -0.4 is 4.74 Å². The van der Waals surface area contributed by atoms with Crippen molar-refractivity contribution in [3.05, 3.63) is 58.6 Å². The third-order valence-corrected chi connectivity index (χ3v) is 7.00. The highest BCUT2D eigenvalue weighted by Gasteiger charge is 2.29. The monoisotopic (exact) mass is 394 g/mol. The minimum atomic E-state index is -3.51. The van der Waals surface area contributed by atoms with Crippen LogP contribution in [0.25, 0.3) is 0 Å². The van der Waals surface area contributed by atoms with Crippen molar-refractivity contribution in [1.29, 1.82) is 0 Å². The van der Waals surface area contributed by atoms with E-state index in [-0.39, 0.29) is 4.90 Å². The molecule has 1 aliphatic heterocycles. The van der Waals surface area contributed by atoms with Gasteiger partial charge in [0.1, 0.15) is 5.75 Å². The van der Waals surface area contributed by atoms with Crippen molar-refractivity contribution in [2.24, 2.45) is 0 Å². The molecule has 1 fully saturated rings. The first kappa shape index (κ1) is 19.2. The minimum Gasteiger partial charge on any atom is -0.496 e. The van der Waals surface area contributed by atoms with Gasteiger partial charge in [-0.05, 0) is 30.7 Å². The number of hydrogen-bond acceptors (Lipinski definition) is 4. The SMILES string of the molecule is COc1ccccc1CN1CCN(S(=O)(=O)c2ccc(C)c(Cl)c2)CC1. The average molecular weight is 395 g/mol. The van der Waals surface area contributed by atoms with E-state index in [0.717, 1.165) is 23.4 Å². The second-order valence-electron chi connectivity index (χ2n) is 6.40. The molecule has 0 bridgehead atoms. The number of ether oxygens (including phenoxy) is 1. The van der Waals surface area contributed by atoms with Crippen LogP contribution in [-0.2, 0) is 16.6 Å². The molecule has 0 atom stereocenters. The standard InChI is InChI=1S/C19H23ClN2O3S/c1-15-7-8-17(13-18(15)20)26(23,24)22-11-9-21(10-12-22)14-16-5-3-4-6-19(16)25-2/h3-8,13H,9-12,14H2,1-2H3. The van der Waals surface area contributed by atoms with E-state index in [1.165, 1.54) is 10.4 Å². The summed E-state index contributed by atoms with van der Waals surface area (Å²) in [7, 11) is -1.85. The van der Waals surface area contributed by atoms with Crippen molar-refractivity contribution in [1.82, 2.24) is 9.21 Å². The van der Waals surface area contributed by atoms with Crippen LogP contribution in [0.4, 0.5) is 0 Å². The highest BCUT2D eigenvalue weighted by molar-refractivity contribution is 7.89. The normalized spacial score (nSPS) is 16.6. The molecule has 26 heavy (non-hydrogen) atoms. The zero-order chi connectivity index (χ0) is 18.7. The summed E-state index contributed by atoms with van der Waals surface area (Å²) in [4.78, 5) is 2.50. The number of halogens is 1. The van der Waals surface area contributed by atoms with Gasteiger partial charge in [0, 0.05) is 43.3 Å². The summed E-state index contributed by atoms with van der Waals surface area (Å²) in [6.07, 6.45) is 0. The Morgan fingerprint density at radius 2 is 1.77 bits per heavy atom. The third kappa shape index (κ3) is 4.04. The van der Waals surface area contributed by atoms with Crippen molar-refractivity contribution >= 4 is 21.6 Å². The fourth-order valence-corrected chi connectivity index (χ4v) is 4.78. The summed E-state index contributed by atoms with van der Waals surface area (Å²) in [6, 6.07) is 12.8. The van der Waals surface area contributed by atoms with Gasteiger partial charge in [0.05, 0.1) is 12.0 Å². The zero-order valence-electron chi connectivity index (χ0n) is 15.0. The Bertz CT molecular complexity index is 878. The Hall–Kier alpha value is -1.60. The number of aryl methyl sites for hydroxylation is 1. The number of hydrogen-bond donors (Lipinski definition) is 0. The summed E-state index contributed by atoms with van der Waals surface area (Å²) in [5, 5.41) is 0.473. The molecule has 2 aromatic rings. The van der Waals surface area contributed by atoms with Crippen LogP contribution >= 0.6 is 11.6 Å². The predicted molar refractivity (Wildman–Crippen MR) is 103 cm³/mol. The van der Waals surface area contributed by atoms with Crippen molar-refractivity contribution in [2.75, 3.05) is 33.3 Å². The Morgan fingerprint density at radius 3 is 2.42 bits per heavy atom. The highest BCUT2D eigenvalue weighted by atomic mass is 35.5. The molecule has 2 aromatic carbocycles. The Labute approximate surface area is 160 Å². The van der Waals surface area contributed by atoms with Gasteiger partial charge in [-0.25, -0.2) is 8.42 Å². The summed E-state index contributed by atoms with van der Waals surface area (Å²) in [5.41, 5.74) is 1.98. The molecule has 1 aliphatic rings. The molecule has 0 aromatic heterocycles. The van der Waals surface area contributed by atoms with Gasteiger partial charge < -0.3 is 4.74 Å². The second kappa shape index (κ2) is 7.96. The maximum Gasteiger partial charge on any atom is 0.243 e. The van der Waals surface area contributed by atoms with Crippen LogP contribution in [0, 0.1) is 6.92 Å². The Kier molecular flexibility index (Phi) is 5.87. The molecule has 1 heterocycles. The molecule has 5 nitrogen and oxygen atoms in total. The van der Waals surface area contributed by atoms with Crippen LogP contribution in [0.5, 0.6) is 5.75 Å². The van der Waals surface area contributed by atoms with E-state index in [4.69, 9.17) is 16.3 Å². The second-order valence-corrected chi connectivity index (χ2v) is 8.75. The van der Waals surface area contributed by atoms with E-state index in [9.17, 15) is 8.42 Å².